The molecule has 0 amide bonds. The van der Waals surface area contributed by atoms with E-state index in [9.17, 15) is 9.18 Å². The molecule has 1 heterocycles. The molecule has 0 fully saturated rings. The summed E-state index contributed by atoms with van der Waals surface area (Å²) in [6, 6.07) is 25.3. The molecule has 4 rings (SSSR count). The smallest absolute Gasteiger partial charge is 0.316 e. The van der Waals surface area contributed by atoms with Gasteiger partial charge in [-0.15, -0.1) is 10.2 Å². The van der Waals surface area contributed by atoms with Crippen LogP contribution in [0.15, 0.2) is 90.1 Å². The minimum Gasteiger partial charge on any atom is -0.457 e. The number of ether oxygens (including phenoxy) is 1. The first kappa shape index (κ1) is 20.8. The molecule has 0 bridgehead atoms. The summed E-state index contributed by atoms with van der Waals surface area (Å²) in [4.78, 5) is 12.4. The second-order valence-corrected chi connectivity index (χ2v) is 7.76. The van der Waals surface area contributed by atoms with Gasteiger partial charge >= 0.3 is 5.97 Å². The highest BCUT2D eigenvalue weighted by Crippen LogP contribution is 2.28. The number of thioether (sulfide) groups is 1. The first-order valence-corrected chi connectivity index (χ1v) is 10.7. The standard InChI is InChI=1S/C24H20FN3O2S/c1-17(18-8-4-2-5-9-18)30-22(29)16-31-24-27-26-23(19-12-14-20(25)15-13-19)28(24)21-10-6-3-7-11-21/h2-15,17H,16H2,1H3. The Bertz CT molecular complexity index is 1150. The van der Waals surface area contributed by atoms with Crippen molar-refractivity contribution in [1.82, 2.24) is 14.8 Å². The molecule has 0 saturated carbocycles. The third-order valence-electron chi connectivity index (χ3n) is 4.65. The molecule has 0 N–H and O–H groups in total. The van der Waals surface area contributed by atoms with Crippen molar-refractivity contribution in [2.75, 3.05) is 5.75 Å². The minimum absolute atomic E-state index is 0.0888. The topological polar surface area (TPSA) is 57.0 Å². The maximum Gasteiger partial charge on any atom is 0.316 e. The number of carbonyl (C=O) groups excluding carboxylic acids is 1. The number of nitrogens with zero attached hydrogens (tertiary/aromatic N) is 3. The highest BCUT2D eigenvalue weighted by Gasteiger charge is 2.19. The number of rotatable bonds is 7. The summed E-state index contributed by atoms with van der Waals surface area (Å²) in [5.41, 5.74) is 2.51. The van der Waals surface area contributed by atoms with Gasteiger partial charge in [-0.25, -0.2) is 4.39 Å². The third kappa shape index (κ3) is 5.00. The van der Waals surface area contributed by atoms with Gasteiger partial charge in [0.2, 0.25) is 0 Å². The normalized spacial score (nSPS) is 11.8. The van der Waals surface area contributed by atoms with Gasteiger partial charge in [0.1, 0.15) is 11.9 Å². The van der Waals surface area contributed by atoms with Crippen molar-refractivity contribution in [3.05, 3.63) is 96.3 Å². The van der Waals surface area contributed by atoms with Crippen LogP contribution in [0.3, 0.4) is 0 Å². The Kier molecular flexibility index (Phi) is 6.43. The second-order valence-electron chi connectivity index (χ2n) is 6.82. The van der Waals surface area contributed by atoms with Crippen LogP contribution in [0.25, 0.3) is 17.1 Å². The van der Waals surface area contributed by atoms with Crippen LogP contribution in [-0.2, 0) is 9.53 Å². The SMILES string of the molecule is CC(OC(=O)CSc1nnc(-c2ccc(F)cc2)n1-c1ccccc1)c1ccccc1. The second kappa shape index (κ2) is 9.57. The summed E-state index contributed by atoms with van der Waals surface area (Å²) in [7, 11) is 0. The Labute approximate surface area is 183 Å². The number of para-hydroxylation sites is 1. The van der Waals surface area contributed by atoms with E-state index in [-0.39, 0.29) is 23.6 Å². The first-order valence-electron chi connectivity index (χ1n) is 9.76. The summed E-state index contributed by atoms with van der Waals surface area (Å²) >= 11 is 1.25. The van der Waals surface area contributed by atoms with E-state index in [0.29, 0.717) is 11.0 Å². The van der Waals surface area contributed by atoms with Crippen molar-refractivity contribution >= 4 is 17.7 Å². The molecule has 1 aromatic heterocycles. The van der Waals surface area contributed by atoms with Gasteiger partial charge in [-0.3, -0.25) is 9.36 Å². The predicted octanol–water partition coefficient (Wildman–Crippen LogP) is 5.47. The largest absolute Gasteiger partial charge is 0.457 e. The summed E-state index contributed by atoms with van der Waals surface area (Å²) in [6.45, 7) is 1.84. The fourth-order valence-corrected chi connectivity index (χ4v) is 3.84. The van der Waals surface area contributed by atoms with Crippen molar-refractivity contribution in [3.8, 4) is 17.1 Å². The Balaban J connectivity index is 1.54. The molecular weight excluding hydrogens is 413 g/mol. The average Bonchev–Trinajstić information content (AvgIpc) is 3.23. The molecule has 0 radical (unpaired) electrons. The van der Waals surface area contributed by atoms with Crippen LogP contribution in [0.1, 0.15) is 18.6 Å². The van der Waals surface area contributed by atoms with Gasteiger partial charge in [0, 0.05) is 11.3 Å². The molecule has 0 spiro atoms. The Hall–Kier alpha value is -3.45. The maximum absolute atomic E-state index is 13.4. The fourth-order valence-electron chi connectivity index (χ4n) is 3.11. The minimum atomic E-state index is -0.340. The molecule has 31 heavy (non-hydrogen) atoms. The lowest BCUT2D eigenvalue weighted by Gasteiger charge is -2.14. The lowest BCUT2D eigenvalue weighted by atomic mass is 10.1. The number of esters is 1. The van der Waals surface area contributed by atoms with Crippen LogP contribution >= 0.6 is 11.8 Å². The first-order chi connectivity index (χ1) is 15.1. The van der Waals surface area contributed by atoms with Crippen molar-refractivity contribution in [2.24, 2.45) is 0 Å². The number of halogens is 1. The Morgan fingerprint density at radius 3 is 2.29 bits per heavy atom. The molecule has 1 unspecified atom stereocenters. The summed E-state index contributed by atoms with van der Waals surface area (Å²) in [5.74, 6) is -0.00243. The molecule has 0 aliphatic carbocycles. The highest BCUT2D eigenvalue weighted by molar-refractivity contribution is 7.99. The van der Waals surface area contributed by atoms with E-state index >= 15 is 0 Å². The van der Waals surface area contributed by atoms with E-state index in [0.717, 1.165) is 16.8 Å². The highest BCUT2D eigenvalue weighted by atomic mass is 32.2. The molecule has 7 heteroatoms. The zero-order valence-electron chi connectivity index (χ0n) is 16.8. The quantitative estimate of drug-likeness (QED) is 0.286. The van der Waals surface area contributed by atoms with E-state index < -0.39 is 0 Å². The zero-order chi connectivity index (χ0) is 21.6. The average molecular weight is 434 g/mol. The van der Waals surface area contributed by atoms with Crippen LogP contribution in [0.2, 0.25) is 0 Å². The third-order valence-corrected chi connectivity index (χ3v) is 5.55. The van der Waals surface area contributed by atoms with Crippen LogP contribution in [0.4, 0.5) is 4.39 Å². The molecule has 156 valence electrons. The van der Waals surface area contributed by atoms with Gasteiger partial charge in [-0.2, -0.15) is 0 Å². The summed E-state index contributed by atoms with van der Waals surface area (Å²) in [6.07, 6.45) is -0.337. The summed E-state index contributed by atoms with van der Waals surface area (Å²) in [5, 5.41) is 9.12. The number of aromatic nitrogens is 3. The number of hydrogen-bond acceptors (Lipinski definition) is 5. The van der Waals surface area contributed by atoms with Crippen LogP contribution < -0.4 is 0 Å². The van der Waals surface area contributed by atoms with Gasteiger partial charge in [-0.1, -0.05) is 60.3 Å². The maximum atomic E-state index is 13.4. The zero-order valence-corrected chi connectivity index (χ0v) is 17.6. The van der Waals surface area contributed by atoms with Crippen LogP contribution in [0.5, 0.6) is 0 Å². The lowest BCUT2D eigenvalue weighted by molar-refractivity contribution is -0.145. The van der Waals surface area contributed by atoms with E-state index in [4.69, 9.17) is 4.74 Å². The van der Waals surface area contributed by atoms with E-state index in [1.807, 2.05) is 72.2 Å². The van der Waals surface area contributed by atoms with Crippen LogP contribution in [0, 0.1) is 5.82 Å². The Morgan fingerprint density at radius 1 is 0.968 bits per heavy atom. The number of benzene rings is 3. The number of hydrogen-bond donors (Lipinski definition) is 0. The van der Waals surface area contributed by atoms with Crippen molar-refractivity contribution in [1.29, 1.82) is 0 Å². The van der Waals surface area contributed by atoms with Crippen molar-refractivity contribution in [3.63, 3.8) is 0 Å². The number of carbonyl (C=O) groups is 1. The molecule has 0 aliphatic heterocycles. The van der Waals surface area contributed by atoms with E-state index in [2.05, 4.69) is 10.2 Å². The van der Waals surface area contributed by atoms with Gasteiger partial charge in [0.25, 0.3) is 0 Å². The molecule has 4 aromatic rings. The monoisotopic (exact) mass is 433 g/mol. The molecule has 0 aliphatic rings. The van der Waals surface area contributed by atoms with E-state index in [1.165, 1.54) is 23.9 Å². The summed E-state index contributed by atoms with van der Waals surface area (Å²) < 4.78 is 20.8. The Morgan fingerprint density at radius 2 is 1.61 bits per heavy atom. The van der Waals surface area contributed by atoms with Crippen molar-refractivity contribution < 1.29 is 13.9 Å². The molecular formula is C24H20FN3O2S. The predicted molar refractivity (Wildman–Crippen MR) is 118 cm³/mol. The van der Waals surface area contributed by atoms with Gasteiger partial charge < -0.3 is 4.74 Å². The van der Waals surface area contributed by atoms with Gasteiger partial charge in [0.05, 0.1) is 5.75 Å². The molecule has 5 nitrogen and oxygen atoms in total. The molecule has 0 saturated heterocycles. The van der Waals surface area contributed by atoms with Gasteiger partial charge in [0.15, 0.2) is 11.0 Å². The van der Waals surface area contributed by atoms with Gasteiger partial charge in [-0.05, 0) is 48.9 Å². The fraction of sp³-hybridized carbons (Fsp3) is 0.125. The molecule has 3 aromatic carbocycles. The molecule has 1 atom stereocenters. The lowest BCUT2D eigenvalue weighted by Crippen LogP contribution is -2.11. The van der Waals surface area contributed by atoms with Crippen molar-refractivity contribution in [2.45, 2.75) is 18.2 Å². The van der Waals surface area contributed by atoms with Crippen LogP contribution in [-0.4, -0.2) is 26.5 Å². The van der Waals surface area contributed by atoms with E-state index in [1.54, 1.807) is 12.1 Å².